The van der Waals surface area contributed by atoms with E-state index in [9.17, 15) is 5.11 Å². The summed E-state index contributed by atoms with van der Waals surface area (Å²) in [5.74, 6) is 1.41. The number of fused-ring (bicyclic) bond motifs is 1. The number of piperazine rings is 1. The van der Waals surface area contributed by atoms with E-state index in [1.54, 1.807) is 23.5 Å². The Labute approximate surface area is 217 Å². The van der Waals surface area contributed by atoms with Crippen molar-refractivity contribution in [1.82, 2.24) is 19.9 Å². The maximum atomic E-state index is 10.5. The highest BCUT2D eigenvalue weighted by Gasteiger charge is 2.21. The Morgan fingerprint density at radius 2 is 1.86 bits per heavy atom. The molecule has 0 spiro atoms. The van der Waals surface area contributed by atoms with Crippen molar-refractivity contribution in [3.05, 3.63) is 63.2 Å². The van der Waals surface area contributed by atoms with Crippen LogP contribution in [-0.2, 0) is 6.54 Å². The van der Waals surface area contributed by atoms with Gasteiger partial charge in [-0.15, -0.1) is 11.3 Å². The van der Waals surface area contributed by atoms with Crippen LogP contribution in [0.3, 0.4) is 0 Å². The molecule has 7 nitrogen and oxygen atoms in total. The number of rotatable bonds is 8. The average molecular weight is 533 g/mol. The van der Waals surface area contributed by atoms with Crippen molar-refractivity contribution in [2.24, 2.45) is 0 Å². The van der Waals surface area contributed by atoms with Crippen LogP contribution >= 0.6 is 34.5 Å². The maximum Gasteiger partial charge on any atom is 0.167 e. The van der Waals surface area contributed by atoms with Crippen LogP contribution in [0, 0.1) is 6.92 Å². The first-order valence-electron chi connectivity index (χ1n) is 11.5. The van der Waals surface area contributed by atoms with Crippen LogP contribution in [0.2, 0.25) is 10.0 Å². The lowest BCUT2D eigenvalue weighted by atomic mass is 10.1. The highest BCUT2D eigenvalue weighted by molar-refractivity contribution is 7.18. The number of aliphatic hydroxyl groups is 1. The fraction of sp³-hybridized carbons (Fsp3) is 0.360. The molecule has 0 amide bonds. The topological polar surface area (TPSA) is 74.9 Å². The Morgan fingerprint density at radius 3 is 2.66 bits per heavy atom. The number of aryl methyl sites for hydroxylation is 1. The Hall–Kier alpha value is -2.20. The van der Waals surface area contributed by atoms with Gasteiger partial charge in [-0.3, -0.25) is 9.80 Å². The molecule has 1 atom stereocenters. The Bertz CT molecular complexity index is 1300. The Kier molecular flexibility index (Phi) is 7.57. The van der Waals surface area contributed by atoms with Gasteiger partial charge in [-0.2, -0.15) is 0 Å². The molecular weight excluding hydrogens is 507 g/mol. The molecule has 0 bridgehead atoms. The van der Waals surface area contributed by atoms with Crippen LogP contribution in [0.4, 0.5) is 0 Å². The van der Waals surface area contributed by atoms with Crippen LogP contribution in [-0.4, -0.2) is 70.5 Å². The summed E-state index contributed by atoms with van der Waals surface area (Å²) in [7, 11) is 0. The summed E-state index contributed by atoms with van der Waals surface area (Å²) < 4.78 is 12.5. The van der Waals surface area contributed by atoms with E-state index in [0.29, 0.717) is 28.9 Å². The van der Waals surface area contributed by atoms with E-state index in [2.05, 4.69) is 19.9 Å². The van der Waals surface area contributed by atoms with Gasteiger partial charge in [-0.1, -0.05) is 28.4 Å². The molecule has 0 aliphatic carbocycles. The number of hydrogen-bond donors (Lipinski definition) is 1. The molecule has 0 unspecified atom stereocenters. The van der Waals surface area contributed by atoms with Crippen LogP contribution < -0.4 is 4.74 Å². The normalized spacial score (nSPS) is 16.1. The molecule has 4 aromatic rings. The lowest BCUT2D eigenvalue weighted by Crippen LogP contribution is -2.48. The lowest BCUT2D eigenvalue weighted by Gasteiger charge is -2.35. The molecule has 184 valence electrons. The van der Waals surface area contributed by atoms with E-state index in [1.807, 2.05) is 37.3 Å². The molecule has 0 radical (unpaired) electrons. The van der Waals surface area contributed by atoms with Crippen molar-refractivity contribution < 1.29 is 14.4 Å². The molecule has 1 aliphatic heterocycles. The van der Waals surface area contributed by atoms with E-state index in [0.717, 1.165) is 58.4 Å². The zero-order valence-electron chi connectivity index (χ0n) is 19.3. The highest BCUT2D eigenvalue weighted by atomic mass is 35.5. The summed E-state index contributed by atoms with van der Waals surface area (Å²) in [5.41, 5.74) is 2.66. The van der Waals surface area contributed by atoms with Crippen molar-refractivity contribution in [1.29, 1.82) is 0 Å². The lowest BCUT2D eigenvalue weighted by molar-refractivity contribution is 0.0442. The van der Waals surface area contributed by atoms with E-state index >= 15 is 0 Å². The zero-order chi connectivity index (χ0) is 24.4. The number of benzene rings is 2. The van der Waals surface area contributed by atoms with E-state index in [4.69, 9.17) is 32.5 Å². The minimum absolute atomic E-state index is 0.255. The number of thiazole rings is 1. The van der Waals surface area contributed by atoms with Gasteiger partial charge in [0.2, 0.25) is 0 Å². The second kappa shape index (κ2) is 10.8. The van der Waals surface area contributed by atoms with Gasteiger partial charge in [0.05, 0.1) is 31.0 Å². The molecule has 2 aromatic heterocycles. The fourth-order valence-corrected chi connectivity index (χ4v) is 5.29. The van der Waals surface area contributed by atoms with Gasteiger partial charge < -0.3 is 14.4 Å². The largest absolute Gasteiger partial charge is 0.491 e. The number of ether oxygens (including phenoxy) is 1. The third-order valence-electron chi connectivity index (χ3n) is 5.99. The molecule has 1 fully saturated rings. The predicted octanol–water partition coefficient (Wildman–Crippen LogP) is 5.12. The van der Waals surface area contributed by atoms with Gasteiger partial charge in [-0.05, 0) is 37.3 Å². The van der Waals surface area contributed by atoms with Crippen molar-refractivity contribution in [3.63, 3.8) is 0 Å². The Balaban J connectivity index is 1.06. The second-order valence-corrected chi connectivity index (χ2v) is 10.8. The number of β-amino-alcohol motifs (C(OH)–C–C–N with tert-alkyl or cyclic N) is 1. The molecule has 35 heavy (non-hydrogen) atoms. The van der Waals surface area contributed by atoms with Gasteiger partial charge >= 0.3 is 0 Å². The SMILES string of the molecule is Cc1nc2cc(OC[C@H](O)CN3CCN(Cc4cc(-c5ccc(Cl)c(Cl)c5)on4)CC3)ccc2s1. The van der Waals surface area contributed by atoms with Crippen molar-refractivity contribution in [2.45, 2.75) is 19.6 Å². The first kappa shape index (κ1) is 24.5. The summed E-state index contributed by atoms with van der Waals surface area (Å²) in [6.45, 7) is 7.07. The third kappa shape index (κ3) is 6.14. The minimum Gasteiger partial charge on any atom is -0.491 e. The predicted molar refractivity (Wildman–Crippen MR) is 140 cm³/mol. The summed E-state index contributed by atoms with van der Waals surface area (Å²) in [4.78, 5) is 9.10. The van der Waals surface area contributed by atoms with Gasteiger partial charge in [0.1, 0.15) is 18.5 Å². The summed E-state index contributed by atoms with van der Waals surface area (Å²) in [5, 5.41) is 16.7. The summed E-state index contributed by atoms with van der Waals surface area (Å²) in [6.07, 6.45) is -0.557. The number of aliphatic hydroxyl groups excluding tert-OH is 1. The summed E-state index contributed by atoms with van der Waals surface area (Å²) >= 11 is 13.8. The standard InChI is InChI=1S/C25H26Cl2N4O3S/c1-16-28-23-12-20(3-5-25(23)35-16)33-15-19(32)14-31-8-6-30(7-9-31)13-18-11-24(34-29-18)17-2-4-21(26)22(27)10-17/h2-5,10-12,19,32H,6-9,13-15H2,1H3/t19-/m1/s1. The van der Waals surface area contributed by atoms with Crippen LogP contribution in [0.1, 0.15) is 10.7 Å². The van der Waals surface area contributed by atoms with Crippen LogP contribution in [0.15, 0.2) is 47.0 Å². The third-order valence-corrected chi connectivity index (χ3v) is 7.68. The maximum absolute atomic E-state index is 10.5. The van der Waals surface area contributed by atoms with E-state index in [-0.39, 0.29) is 6.61 Å². The van der Waals surface area contributed by atoms with Crippen molar-refractivity contribution in [2.75, 3.05) is 39.3 Å². The van der Waals surface area contributed by atoms with E-state index in [1.165, 1.54) is 0 Å². The van der Waals surface area contributed by atoms with Crippen LogP contribution in [0.5, 0.6) is 5.75 Å². The van der Waals surface area contributed by atoms with Crippen molar-refractivity contribution >= 4 is 44.8 Å². The first-order chi connectivity index (χ1) is 16.9. The molecule has 1 aliphatic rings. The highest BCUT2D eigenvalue weighted by Crippen LogP contribution is 2.29. The van der Waals surface area contributed by atoms with Gasteiger partial charge in [0, 0.05) is 57.0 Å². The average Bonchev–Trinajstić information content (AvgIpc) is 3.46. The summed E-state index contributed by atoms with van der Waals surface area (Å²) in [6, 6.07) is 13.2. The number of nitrogens with zero attached hydrogens (tertiary/aromatic N) is 4. The molecular formula is C25H26Cl2N4O3S. The first-order valence-corrected chi connectivity index (χ1v) is 13.0. The quantitative estimate of drug-likeness (QED) is 0.337. The van der Waals surface area contributed by atoms with Gasteiger partial charge in [-0.25, -0.2) is 4.98 Å². The molecule has 2 aromatic carbocycles. The van der Waals surface area contributed by atoms with Gasteiger partial charge in [0.25, 0.3) is 0 Å². The molecule has 1 N–H and O–H groups in total. The fourth-order valence-electron chi connectivity index (χ4n) is 4.19. The molecule has 5 rings (SSSR count). The molecule has 3 heterocycles. The molecule has 10 heteroatoms. The number of aromatic nitrogens is 2. The minimum atomic E-state index is -0.557. The second-order valence-electron chi connectivity index (χ2n) is 8.72. The Morgan fingerprint density at radius 1 is 1.06 bits per heavy atom. The zero-order valence-corrected chi connectivity index (χ0v) is 21.6. The van der Waals surface area contributed by atoms with E-state index < -0.39 is 6.10 Å². The van der Waals surface area contributed by atoms with Crippen LogP contribution in [0.25, 0.3) is 21.5 Å². The monoisotopic (exact) mass is 532 g/mol. The smallest absolute Gasteiger partial charge is 0.167 e. The number of hydrogen-bond acceptors (Lipinski definition) is 8. The molecule has 1 saturated heterocycles. The molecule has 0 saturated carbocycles. The number of halogens is 2. The van der Waals surface area contributed by atoms with Crippen molar-refractivity contribution in [3.8, 4) is 17.1 Å². The van der Waals surface area contributed by atoms with Gasteiger partial charge in [0.15, 0.2) is 5.76 Å².